The lowest BCUT2D eigenvalue weighted by atomic mass is 10.2. The number of hydrogen-bond donors (Lipinski definition) is 0. The van der Waals surface area contributed by atoms with Crippen LogP contribution in [-0.4, -0.2) is 64.2 Å². The van der Waals surface area contributed by atoms with Crippen LogP contribution in [0.1, 0.15) is 26.2 Å². The number of likely N-dealkylation sites (N-methyl/N-ethyl adjacent to an activating group) is 1. The van der Waals surface area contributed by atoms with Gasteiger partial charge >= 0.3 is 0 Å². The first-order chi connectivity index (χ1) is 13.5. The summed E-state index contributed by atoms with van der Waals surface area (Å²) in [4.78, 5) is 34.4. The smallest absolute Gasteiger partial charge is 0.262 e. The van der Waals surface area contributed by atoms with Gasteiger partial charge in [-0.1, -0.05) is 43.1 Å². The molecule has 1 aliphatic heterocycles. The van der Waals surface area contributed by atoms with Crippen molar-refractivity contribution in [1.82, 2.24) is 19.4 Å². The normalized spacial score (nSPS) is 15.3. The van der Waals surface area contributed by atoms with Crippen LogP contribution in [0.25, 0.3) is 10.9 Å². The average molecular weight is 423 g/mol. The Morgan fingerprint density at radius 3 is 2.68 bits per heavy atom. The van der Waals surface area contributed by atoms with Crippen LogP contribution in [0.15, 0.2) is 28.2 Å². The van der Waals surface area contributed by atoms with Crippen LogP contribution in [0.3, 0.4) is 0 Å². The van der Waals surface area contributed by atoms with Gasteiger partial charge in [-0.3, -0.25) is 14.2 Å². The topological polar surface area (TPSA) is 58.4 Å². The summed E-state index contributed by atoms with van der Waals surface area (Å²) in [6.45, 7) is 6.03. The Bertz CT molecular complexity index is 894. The molecule has 1 saturated heterocycles. The van der Waals surface area contributed by atoms with Crippen LogP contribution < -0.4 is 5.56 Å². The van der Waals surface area contributed by atoms with Crippen LogP contribution in [-0.2, 0) is 11.3 Å². The molecular weight excluding hydrogens is 396 g/mol. The lowest BCUT2D eigenvalue weighted by Crippen LogP contribution is -2.47. The first-order valence-electron chi connectivity index (χ1n) is 9.79. The Hall–Kier alpha value is -1.57. The molecule has 0 N–H and O–H groups in total. The van der Waals surface area contributed by atoms with Crippen LogP contribution >= 0.6 is 23.4 Å². The number of amides is 1. The largest absolute Gasteiger partial charge is 0.339 e. The van der Waals surface area contributed by atoms with Gasteiger partial charge in [0.1, 0.15) is 0 Å². The van der Waals surface area contributed by atoms with Gasteiger partial charge in [-0.25, -0.2) is 4.98 Å². The monoisotopic (exact) mass is 422 g/mol. The average Bonchev–Trinajstić information content (AvgIpc) is 2.68. The van der Waals surface area contributed by atoms with E-state index in [0.717, 1.165) is 45.4 Å². The maximum absolute atomic E-state index is 13.0. The molecule has 152 valence electrons. The number of aromatic nitrogens is 2. The molecule has 2 aromatic rings. The second kappa shape index (κ2) is 9.76. The van der Waals surface area contributed by atoms with Gasteiger partial charge in [0.15, 0.2) is 5.16 Å². The first-order valence-corrected chi connectivity index (χ1v) is 11.1. The van der Waals surface area contributed by atoms with Gasteiger partial charge in [-0.15, -0.1) is 0 Å². The predicted molar refractivity (Wildman–Crippen MR) is 115 cm³/mol. The molecule has 28 heavy (non-hydrogen) atoms. The van der Waals surface area contributed by atoms with Crippen LogP contribution in [0.5, 0.6) is 0 Å². The quantitative estimate of drug-likeness (QED) is 0.390. The molecule has 1 aliphatic rings. The molecule has 0 bridgehead atoms. The van der Waals surface area contributed by atoms with Gasteiger partial charge in [0.05, 0.1) is 16.7 Å². The third kappa shape index (κ3) is 5.07. The molecule has 0 unspecified atom stereocenters. The molecule has 2 heterocycles. The number of carbonyl (C=O) groups excluding carboxylic acids is 1. The van der Waals surface area contributed by atoms with E-state index in [1.165, 1.54) is 11.8 Å². The summed E-state index contributed by atoms with van der Waals surface area (Å²) in [7, 11) is 2.07. The number of fused-ring (bicyclic) bond motifs is 1. The summed E-state index contributed by atoms with van der Waals surface area (Å²) in [6, 6.07) is 5.15. The minimum absolute atomic E-state index is 0.0627. The van der Waals surface area contributed by atoms with Crippen molar-refractivity contribution in [3.05, 3.63) is 33.6 Å². The molecule has 0 aliphatic carbocycles. The van der Waals surface area contributed by atoms with Crippen molar-refractivity contribution in [2.24, 2.45) is 0 Å². The zero-order valence-electron chi connectivity index (χ0n) is 16.5. The highest BCUT2D eigenvalue weighted by molar-refractivity contribution is 7.99. The third-order valence-corrected chi connectivity index (χ3v) is 6.24. The number of benzene rings is 1. The summed E-state index contributed by atoms with van der Waals surface area (Å²) in [5.74, 6) is 0.384. The second-order valence-corrected chi connectivity index (χ2v) is 8.57. The molecule has 1 fully saturated rings. The molecule has 6 nitrogen and oxygen atoms in total. The molecule has 1 amide bonds. The van der Waals surface area contributed by atoms with Gasteiger partial charge in [-0.05, 0) is 31.7 Å². The Kier molecular flexibility index (Phi) is 7.37. The first kappa shape index (κ1) is 21.1. The van der Waals surface area contributed by atoms with Crippen LogP contribution in [0.4, 0.5) is 0 Å². The summed E-state index contributed by atoms with van der Waals surface area (Å²) in [6.07, 6.45) is 3.04. The molecule has 0 saturated carbocycles. The zero-order valence-corrected chi connectivity index (χ0v) is 18.1. The fourth-order valence-electron chi connectivity index (χ4n) is 3.27. The maximum atomic E-state index is 13.0. The number of halogens is 1. The molecule has 1 aromatic carbocycles. The fraction of sp³-hybridized carbons (Fsp3) is 0.550. The molecule has 8 heteroatoms. The molecular formula is C20H27ClN4O2S. The van der Waals surface area contributed by atoms with E-state index in [1.54, 1.807) is 22.8 Å². The van der Waals surface area contributed by atoms with E-state index < -0.39 is 0 Å². The zero-order chi connectivity index (χ0) is 20.1. The van der Waals surface area contributed by atoms with E-state index in [2.05, 4.69) is 23.9 Å². The summed E-state index contributed by atoms with van der Waals surface area (Å²) >= 11 is 7.43. The molecule has 1 aromatic heterocycles. The molecule has 0 radical (unpaired) electrons. The number of unbranched alkanes of at least 4 members (excludes halogenated alkanes) is 2. The second-order valence-electron chi connectivity index (χ2n) is 7.19. The Morgan fingerprint density at radius 1 is 1.21 bits per heavy atom. The van der Waals surface area contributed by atoms with Gasteiger partial charge in [-0.2, -0.15) is 0 Å². The number of carbonyl (C=O) groups is 1. The van der Waals surface area contributed by atoms with Crippen LogP contribution in [0, 0.1) is 0 Å². The van der Waals surface area contributed by atoms with Gasteiger partial charge in [0.2, 0.25) is 5.91 Å². The number of thioether (sulfide) groups is 1. The fourth-order valence-corrected chi connectivity index (χ4v) is 4.37. The van der Waals surface area contributed by atoms with E-state index in [0.29, 0.717) is 27.6 Å². The Morgan fingerprint density at radius 2 is 1.96 bits per heavy atom. The minimum Gasteiger partial charge on any atom is -0.339 e. The number of hydrogen-bond acceptors (Lipinski definition) is 5. The van der Waals surface area contributed by atoms with Crippen molar-refractivity contribution in [2.75, 3.05) is 39.0 Å². The maximum Gasteiger partial charge on any atom is 0.262 e. The summed E-state index contributed by atoms with van der Waals surface area (Å²) in [5.41, 5.74) is 0.520. The molecule has 3 rings (SSSR count). The summed E-state index contributed by atoms with van der Waals surface area (Å²) in [5, 5.41) is 1.71. The van der Waals surface area contributed by atoms with E-state index in [-0.39, 0.29) is 17.2 Å². The van der Waals surface area contributed by atoms with Gasteiger partial charge in [0, 0.05) is 37.7 Å². The standard InChI is InChI=1S/C20H27ClN4O2S/c1-3-4-5-8-25-19(27)16-7-6-15(21)13-17(16)22-20(25)28-14-18(26)24-11-9-23(2)10-12-24/h6-7,13H,3-5,8-12,14H2,1-2H3. The Balaban J connectivity index is 1.82. The number of nitrogens with zero attached hydrogens (tertiary/aromatic N) is 4. The predicted octanol–water partition coefficient (Wildman–Crippen LogP) is 3.11. The van der Waals surface area contributed by atoms with E-state index in [1.807, 2.05) is 4.90 Å². The minimum atomic E-state index is -0.0627. The van der Waals surface area contributed by atoms with Crippen LogP contribution in [0.2, 0.25) is 5.02 Å². The van der Waals surface area contributed by atoms with Crippen molar-refractivity contribution >= 4 is 40.2 Å². The highest BCUT2D eigenvalue weighted by atomic mass is 35.5. The van der Waals surface area contributed by atoms with E-state index in [4.69, 9.17) is 11.6 Å². The Labute approximate surface area is 174 Å². The van der Waals surface area contributed by atoms with E-state index in [9.17, 15) is 9.59 Å². The van der Waals surface area contributed by atoms with Gasteiger partial charge in [0.25, 0.3) is 5.56 Å². The molecule has 0 spiro atoms. The van der Waals surface area contributed by atoms with Crippen molar-refractivity contribution in [3.63, 3.8) is 0 Å². The van der Waals surface area contributed by atoms with Crippen molar-refractivity contribution in [3.8, 4) is 0 Å². The highest BCUT2D eigenvalue weighted by Gasteiger charge is 2.20. The van der Waals surface area contributed by atoms with Crippen molar-refractivity contribution < 1.29 is 4.79 Å². The van der Waals surface area contributed by atoms with E-state index >= 15 is 0 Å². The SMILES string of the molecule is CCCCCn1c(SCC(=O)N2CCN(C)CC2)nc2cc(Cl)ccc2c1=O. The molecule has 0 atom stereocenters. The lowest BCUT2D eigenvalue weighted by molar-refractivity contribution is -0.129. The third-order valence-electron chi connectivity index (χ3n) is 5.05. The van der Waals surface area contributed by atoms with Crippen molar-refractivity contribution in [1.29, 1.82) is 0 Å². The van der Waals surface area contributed by atoms with Crippen molar-refractivity contribution in [2.45, 2.75) is 37.9 Å². The van der Waals surface area contributed by atoms with Gasteiger partial charge < -0.3 is 9.80 Å². The highest BCUT2D eigenvalue weighted by Crippen LogP contribution is 2.21. The number of rotatable bonds is 7. The lowest BCUT2D eigenvalue weighted by Gasteiger charge is -2.32. The summed E-state index contributed by atoms with van der Waals surface area (Å²) < 4.78 is 1.72. The number of piperazine rings is 1.